The minimum atomic E-state index is -3.60. The standard InChI is InChI=1S/C24H31N3O4S/c1-18-10-12-21(13-11-18)32(29,30)27-14-6-9-23(27)31-17-25-22-16-26(24(28)19(22)2)15-20-7-4-3-5-8-20/h3-5,7-8,10-13,19,22-23,25H,6,9,14-17H2,1-2H3/t19?,22?,23-/m1/s1. The molecule has 0 spiro atoms. The van der Waals surface area contributed by atoms with Crippen LogP contribution in [0.3, 0.4) is 0 Å². The van der Waals surface area contributed by atoms with Crippen LogP contribution >= 0.6 is 0 Å². The van der Waals surface area contributed by atoms with E-state index < -0.39 is 16.3 Å². The predicted octanol–water partition coefficient (Wildman–Crippen LogP) is 2.72. The zero-order chi connectivity index (χ0) is 22.7. The van der Waals surface area contributed by atoms with Crippen molar-refractivity contribution in [1.82, 2.24) is 14.5 Å². The van der Waals surface area contributed by atoms with Crippen molar-refractivity contribution in [2.24, 2.45) is 5.92 Å². The number of benzene rings is 2. The van der Waals surface area contributed by atoms with Crippen LogP contribution in [0.2, 0.25) is 0 Å². The normalized spacial score (nSPS) is 24.4. The van der Waals surface area contributed by atoms with Gasteiger partial charge in [0.1, 0.15) is 6.23 Å². The molecule has 2 heterocycles. The molecule has 0 saturated carbocycles. The highest BCUT2D eigenvalue weighted by molar-refractivity contribution is 7.89. The zero-order valence-corrected chi connectivity index (χ0v) is 19.4. The molecule has 2 fully saturated rings. The van der Waals surface area contributed by atoms with E-state index in [0.29, 0.717) is 26.1 Å². The fraction of sp³-hybridized carbons (Fsp3) is 0.458. The number of aryl methyl sites for hydroxylation is 1. The topological polar surface area (TPSA) is 79.0 Å². The minimum absolute atomic E-state index is 0.0326. The molecule has 2 saturated heterocycles. The highest BCUT2D eigenvalue weighted by Crippen LogP contribution is 2.27. The molecule has 2 unspecified atom stereocenters. The summed E-state index contributed by atoms with van der Waals surface area (Å²) in [6, 6.07) is 16.8. The number of hydrogen-bond donors (Lipinski definition) is 1. The van der Waals surface area contributed by atoms with E-state index in [0.717, 1.165) is 17.5 Å². The lowest BCUT2D eigenvalue weighted by Gasteiger charge is -2.25. The fourth-order valence-electron chi connectivity index (χ4n) is 4.38. The molecule has 32 heavy (non-hydrogen) atoms. The SMILES string of the molecule is Cc1ccc(S(=O)(=O)N2CCC[C@H]2OCNC2CN(Cc3ccccc3)C(=O)C2C)cc1. The minimum Gasteiger partial charge on any atom is -0.347 e. The summed E-state index contributed by atoms with van der Waals surface area (Å²) in [4.78, 5) is 14.8. The summed E-state index contributed by atoms with van der Waals surface area (Å²) in [5.74, 6) is -0.0333. The molecule has 1 amide bonds. The summed E-state index contributed by atoms with van der Waals surface area (Å²) in [5.41, 5.74) is 2.12. The summed E-state index contributed by atoms with van der Waals surface area (Å²) < 4.78 is 33.5. The van der Waals surface area contributed by atoms with Crippen molar-refractivity contribution in [3.63, 3.8) is 0 Å². The van der Waals surface area contributed by atoms with Gasteiger partial charge in [-0.05, 0) is 37.5 Å². The number of amides is 1. The van der Waals surface area contributed by atoms with Crippen molar-refractivity contribution in [2.75, 3.05) is 19.8 Å². The summed E-state index contributed by atoms with van der Waals surface area (Å²) in [5, 5.41) is 3.32. The molecule has 172 valence electrons. The van der Waals surface area contributed by atoms with Crippen molar-refractivity contribution in [3.8, 4) is 0 Å². The van der Waals surface area contributed by atoms with Crippen LogP contribution in [-0.4, -0.2) is 55.6 Å². The third-order valence-electron chi connectivity index (χ3n) is 6.34. The van der Waals surface area contributed by atoms with Crippen LogP contribution in [0.1, 0.15) is 30.9 Å². The second kappa shape index (κ2) is 9.70. The first-order chi connectivity index (χ1) is 15.4. The summed E-state index contributed by atoms with van der Waals surface area (Å²) >= 11 is 0. The number of likely N-dealkylation sites (tertiary alicyclic amines) is 1. The Morgan fingerprint density at radius 3 is 2.53 bits per heavy atom. The van der Waals surface area contributed by atoms with Crippen LogP contribution in [0.25, 0.3) is 0 Å². The molecule has 7 nitrogen and oxygen atoms in total. The van der Waals surface area contributed by atoms with Gasteiger partial charge < -0.3 is 9.64 Å². The van der Waals surface area contributed by atoms with Gasteiger partial charge in [0.15, 0.2) is 0 Å². The molecule has 1 N–H and O–H groups in total. The zero-order valence-electron chi connectivity index (χ0n) is 18.6. The maximum atomic E-state index is 13.1. The first-order valence-electron chi connectivity index (χ1n) is 11.1. The first-order valence-corrected chi connectivity index (χ1v) is 12.6. The second-order valence-corrected chi connectivity index (χ2v) is 10.5. The van der Waals surface area contributed by atoms with Crippen LogP contribution in [0.15, 0.2) is 59.5 Å². The number of nitrogens with one attached hydrogen (secondary N) is 1. The molecular formula is C24H31N3O4S. The van der Waals surface area contributed by atoms with Crippen LogP contribution < -0.4 is 5.32 Å². The van der Waals surface area contributed by atoms with Gasteiger partial charge in [0, 0.05) is 25.7 Å². The Hall–Kier alpha value is -2.26. The van der Waals surface area contributed by atoms with Crippen molar-refractivity contribution >= 4 is 15.9 Å². The average Bonchev–Trinajstić information content (AvgIpc) is 3.36. The van der Waals surface area contributed by atoms with E-state index in [2.05, 4.69) is 5.32 Å². The molecular weight excluding hydrogens is 426 g/mol. The molecule has 2 aromatic carbocycles. The van der Waals surface area contributed by atoms with Crippen molar-refractivity contribution in [1.29, 1.82) is 0 Å². The third-order valence-corrected chi connectivity index (χ3v) is 8.24. The van der Waals surface area contributed by atoms with Gasteiger partial charge in [-0.25, -0.2) is 8.42 Å². The first kappa shape index (κ1) is 22.9. The fourth-order valence-corrected chi connectivity index (χ4v) is 5.98. The quantitative estimate of drug-likeness (QED) is 0.617. The Morgan fingerprint density at radius 2 is 1.81 bits per heavy atom. The molecule has 3 atom stereocenters. The largest absolute Gasteiger partial charge is 0.347 e. The van der Waals surface area contributed by atoms with Gasteiger partial charge >= 0.3 is 0 Å². The Morgan fingerprint density at radius 1 is 1.09 bits per heavy atom. The van der Waals surface area contributed by atoms with Crippen LogP contribution in [0, 0.1) is 12.8 Å². The third kappa shape index (κ3) is 4.88. The molecule has 0 radical (unpaired) electrons. The van der Waals surface area contributed by atoms with Crippen molar-refractivity contribution in [3.05, 3.63) is 65.7 Å². The molecule has 2 aromatic rings. The van der Waals surface area contributed by atoms with E-state index in [1.807, 2.05) is 49.1 Å². The van der Waals surface area contributed by atoms with Crippen LogP contribution in [-0.2, 0) is 26.1 Å². The number of rotatable bonds is 8. The van der Waals surface area contributed by atoms with Gasteiger partial charge in [-0.15, -0.1) is 0 Å². The Labute approximate surface area is 190 Å². The maximum absolute atomic E-state index is 13.1. The highest BCUT2D eigenvalue weighted by atomic mass is 32.2. The van der Waals surface area contributed by atoms with Gasteiger partial charge in [0.25, 0.3) is 0 Å². The summed E-state index contributed by atoms with van der Waals surface area (Å²) in [7, 11) is -3.60. The lowest BCUT2D eigenvalue weighted by atomic mass is 10.1. The van der Waals surface area contributed by atoms with Gasteiger partial charge in [0.05, 0.1) is 17.5 Å². The Bertz CT molecular complexity index is 1030. The monoisotopic (exact) mass is 457 g/mol. The lowest BCUT2D eigenvalue weighted by molar-refractivity contribution is -0.131. The van der Waals surface area contributed by atoms with Crippen LogP contribution in [0.5, 0.6) is 0 Å². The highest BCUT2D eigenvalue weighted by Gasteiger charge is 2.38. The maximum Gasteiger partial charge on any atom is 0.245 e. The van der Waals surface area contributed by atoms with E-state index in [1.54, 1.807) is 24.3 Å². The number of sulfonamides is 1. The van der Waals surface area contributed by atoms with E-state index in [1.165, 1.54) is 4.31 Å². The number of nitrogens with zero attached hydrogens (tertiary/aromatic N) is 2. The van der Waals surface area contributed by atoms with E-state index in [-0.39, 0.29) is 29.5 Å². The molecule has 0 bridgehead atoms. The Kier molecular flexibility index (Phi) is 6.95. The lowest BCUT2D eigenvalue weighted by Crippen LogP contribution is -2.42. The van der Waals surface area contributed by atoms with E-state index in [4.69, 9.17) is 4.74 Å². The van der Waals surface area contributed by atoms with Gasteiger partial charge in [-0.1, -0.05) is 55.0 Å². The number of carbonyl (C=O) groups excluding carboxylic acids is 1. The predicted molar refractivity (Wildman–Crippen MR) is 122 cm³/mol. The van der Waals surface area contributed by atoms with Gasteiger partial charge in [-0.3, -0.25) is 10.1 Å². The van der Waals surface area contributed by atoms with Crippen molar-refractivity contribution in [2.45, 2.75) is 50.4 Å². The van der Waals surface area contributed by atoms with E-state index in [9.17, 15) is 13.2 Å². The second-order valence-electron chi connectivity index (χ2n) is 8.64. The molecule has 0 aliphatic carbocycles. The number of ether oxygens (including phenoxy) is 1. The van der Waals surface area contributed by atoms with Crippen LogP contribution in [0.4, 0.5) is 0 Å². The Balaban J connectivity index is 1.32. The molecule has 8 heteroatoms. The molecule has 2 aliphatic rings. The smallest absolute Gasteiger partial charge is 0.245 e. The number of hydrogen-bond acceptors (Lipinski definition) is 5. The summed E-state index contributed by atoms with van der Waals surface area (Å²) in [6.07, 6.45) is 0.923. The van der Waals surface area contributed by atoms with Crippen molar-refractivity contribution < 1.29 is 17.9 Å². The summed E-state index contributed by atoms with van der Waals surface area (Å²) in [6.45, 7) is 5.70. The number of carbonyl (C=O) groups is 1. The van der Waals surface area contributed by atoms with Gasteiger partial charge in [-0.2, -0.15) is 4.31 Å². The van der Waals surface area contributed by atoms with E-state index >= 15 is 0 Å². The van der Waals surface area contributed by atoms with Gasteiger partial charge in [0.2, 0.25) is 15.9 Å². The molecule has 4 rings (SSSR count). The molecule has 2 aliphatic heterocycles. The molecule has 0 aromatic heterocycles. The average molecular weight is 458 g/mol.